The zero-order valence-corrected chi connectivity index (χ0v) is 12.4. The van der Waals surface area contributed by atoms with Crippen LogP contribution < -0.4 is 4.74 Å². The Morgan fingerprint density at radius 3 is 2.32 bits per heavy atom. The maximum Gasteiger partial charge on any atom is 0.296 e. The van der Waals surface area contributed by atoms with E-state index >= 15 is 0 Å². The summed E-state index contributed by atoms with van der Waals surface area (Å²) in [5.41, 5.74) is -0.501. The van der Waals surface area contributed by atoms with Crippen LogP contribution in [0, 0.1) is 0 Å². The van der Waals surface area contributed by atoms with Gasteiger partial charge in [0.15, 0.2) is 0 Å². The highest BCUT2D eigenvalue weighted by Crippen LogP contribution is 2.22. The number of benzene rings is 1. The van der Waals surface area contributed by atoms with Crippen molar-refractivity contribution in [3.8, 4) is 5.75 Å². The van der Waals surface area contributed by atoms with Gasteiger partial charge >= 0.3 is 0 Å². The average Bonchev–Trinajstić information content (AvgIpc) is 2.37. The van der Waals surface area contributed by atoms with Crippen molar-refractivity contribution in [1.82, 2.24) is 0 Å². The Morgan fingerprint density at radius 1 is 1.26 bits per heavy atom. The van der Waals surface area contributed by atoms with E-state index in [1.165, 1.54) is 12.1 Å². The molecule has 1 aromatic rings. The number of hydrogen-bond acceptors (Lipinski definition) is 4. The summed E-state index contributed by atoms with van der Waals surface area (Å²) < 4.78 is 34.0. The normalized spacial score (nSPS) is 12.2. The molecule has 0 aliphatic carbocycles. The van der Waals surface area contributed by atoms with E-state index in [1.807, 2.05) is 20.8 Å². The van der Waals surface area contributed by atoms with Crippen LogP contribution in [0.15, 0.2) is 41.8 Å². The maximum atomic E-state index is 11.8. The van der Waals surface area contributed by atoms with Crippen LogP contribution in [0.2, 0.25) is 0 Å². The summed E-state index contributed by atoms with van der Waals surface area (Å²) in [6.45, 7) is 9.45. The Bertz CT molecular complexity index is 515. The summed E-state index contributed by atoms with van der Waals surface area (Å²) >= 11 is 0. The highest BCUT2D eigenvalue weighted by molar-refractivity contribution is 7.86. The van der Waals surface area contributed by atoms with E-state index in [2.05, 4.69) is 6.58 Å². The van der Waals surface area contributed by atoms with Crippen molar-refractivity contribution in [2.45, 2.75) is 37.7 Å². The van der Waals surface area contributed by atoms with Gasteiger partial charge < -0.3 is 4.74 Å². The van der Waals surface area contributed by atoms with Gasteiger partial charge in [-0.25, -0.2) is 0 Å². The smallest absolute Gasteiger partial charge is 0.296 e. The van der Waals surface area contributed by atoms with Crippen molar-refractivity contribution < 1.29 is 17.3 Å². The molecule has 1 aromatic carbocycles. The van der Waals surface area contributed by atoms with Crippen LogP contribution in [0.4, 0.5) is 0 Å². The topological polar surface area (TPSA) is 52.6 Å². The molecule has 0 aliphatic heterocycles. The van der Waals surface area contributed by atoms with E-state index < -0.39 is 15.7 Å². The van der Waals surface area contributed by atoms with E-state index in [4.69, 9.17) is 8.92 Å². The minimum absolute atomic E-state index is 0.129. The number of hydrogen-bond donors (Lipinski definition) is 0. The van der Waals surface area contributed by atoms with Crippen molar-refractivity contribution in [1.29, 1.82) is 0 Å². The quantitative estimate of drug-likeness (QED) is 0.570. The molecule has 0 spiro atoms. The van der Waals surface area contributed by atoms with E-state index in [0.717, 1.165) is 0 Å². The van der Waals surface area contributed by atoms with Gasteiger partial charge in [-0.15, -0.1) is 0 Å². The lowest BCUT2D eigenvalue weighted by atomic mass is 10.1. The molecule has 0 fully saturated rings. The molecule has 0 unspecified atom stereocenters. The van der Waals surface area contributed by atoms with Crippen LogP contribution in [0.1, 0.15) is 27.2 Å². The summed E-state index contributed by atoms with van der Waals surface area (Å²) in [5, 5.41) is 0. The number of rotatable bonds is 7. The molecule has 0 heterocycles. The molecule has 0 aliphatic rings. The second-order valence-electron chi connectivity index (χ2n) is 4.66. The predicted octanol–water partition coefficient (Wildman–Crippen LogP) is 3.15. The van der Waals surface area contributed by atoms with Crippen LogP contribution in [-0.2, 0) is 14.3 Å². The standard InChI is InChI=1S/C14H20O4S/c1-5-11-17-19(15,16)13-9-7-12(8-10-13)18-14(3,4)6-2/h6-10H,2,5,11H2,1,3-4H3. The zero-order valence-electron chi connectivity index (χ0n) is 11.5. The highest BCUT2D eigenvalue weighted by Gasteiger charge is 2.17. The summed E-state index contributed by atoms with van der Waals surface area (Å²) in [4.78, 5) is 0.129. The van der Waals surface area contributed by atoms with Crippen LogP contribution in [0.5, 0.6) is 5.75 Å². The third kappa shape index (κ3) is 4.69. The fourth-order valence-corrected chi connectivity index (χ4v) is 2.27. The van der Waals surface area contributed by atoms with E-state index in [-0.39, 0.29) is 11.5 Å². The first-order valence-electron chi connectivity index (χ1n) is 6.13. The average molecular weight is 284 g/mol. The van der Waals surface area contributed by atoms with Gasteiger partial charge in [0.25, 0.3) is 10.1 Å². The third-order valence-electron chi connectivity index (χ3n) is 2.43. The fourth-order valence-electron chi connectivity index (χ4n) is 1.28. The molecular weight excluding hydrogens is 264 g/mol. The molecular formula is C14H20O4S. The molecule has 4 nitrogen and oxygen atoms in total. The van der Waals surface area contributed by atoms with Gasteiger partial charge in [0, 0.05) is 0 Å². The van der Waals surface area contributed by atoms with Crippen molar-refractivity contribution in [3.05, 3.63) is 36.9 Å². The summed E-state index contributed by atoms with van der Waals surface area (Å²) in [7, 11) is -3.66. The third-order valence-corrected chi connectivity index (χ3v) is 3.75. The molecule has 0 atom stereocenters. The van der Waals surface area contributed by atoms with E-state index in [0.29, 0.717) is 12.2 Å². The van der Waals surface area contributed by atoms with Crippen LogP contribution >= 0.6 is 0 Å². The van der Waals surface area contributed by atoms with Gasteiger partial charge in [0.1, 0.15) is 11.4 Å². The van der Waals surface area contributed by atoms with Crippen molar-refractivity contribution in [2.75, 3.05) is 6.61 Å². The molecule has 0 amide bonds. The monoisotopic (exact) mass is 284 g/mol. The number of ether oxygens (including phenoxy) is 1. The Labute approximate surface area is 115 Å². The Kier molecular flexibility index (Phi) is 5.14. The summed E-state index contributed by atoms with van der Waals surface area (Å²) in [5.74, 6) is 0.583. The highest BCUT2D eigenvalue weighted by atomic mass is 32.2. The molecule has 0 radical (unpaired) electrons. The lowest BCUT2D eigenvalue weighted by molar-refractivity contribution is 0.162. The molecule has 0 saturated heterocycles. The van der Waals surface area contributed by atoms with Gasteiger partial charge in [-0.3, -0.25) is 4.18 Å². The fraction of sp³-hybridized carbons (Fsp3) is 0.429. The summed E-state index contributed by atoms with van der Waals surface area (Å²) in [6, 6.07) is 6.15. The van der Waals surface area contributed by atoms with E-state index in [1.54, 1.807) is 18.2 Å². The zero-order chi connectivity index (χ0) is 14.5. The maximum absolute atomic E-state index is 11.8. The molecule has 5 heteroatoms. The second kappa shape index (κ2) is 6.21. The van der Waals surface area contributed by atoms with Gasteiger partial charge in [-0.05, 0) is 50.6 Å². The molecule has 0 bridgehead atoms. The van der Waals surface area contributed by atoms with Crippen LogP contribution in [0.3, 0.4) is 0 Å². The second-order valence-corrected chi connectivity index (χ2v) is 6.27. The lowest BCUT2D eigenvalue weighted by Crippen LogP contribution is -2.24. The van der Waals surface area contributed by atoms with Crippen molar-refractivity contribution in [3.63, 3.8) is 0 Å². The summed E-state index contributed by atoms with van der Waals surface area (Å²) in [6.07, 6.45) is 2.33. The Morgan fingerprint density at radius 2 is 1.84 bits per heavy atom. The lowest BCUT2D eigenvalue weighted by Gasteiger charge is -2.22. The molecule has 0 saturated carbocycles. The molecule has 106 valence electrons. The van der Waals surface area contributed by atoms with Gasteiger partial charge in [0.2, 0.25) is 0 Å². The van der Waals surface area contributed by atoms with Crippen LogP contribution in [0.25, 0.3) is 0 Å². The van der Waals surface area contributed by atoms with Crippen molar-refractivity contribution in [2.24, 2.45) is 0 Å². The molecule has 0 N–H and O–H groups in total. The minimum atomic E-state index is -3.66. The van der Waals surface area contributed by atoms with E-state index in [9.17, 15) is 8.42 Å². The first kappa shape index (κ1) is 15.7. The molecule has 19 heavy (non-hydrogen) atoms. The van der Waals surface area contributed by atoms with Gasteiger partial charge in [-0.2, -0.15) is 8.42 Å². The Balaban J connectivity index is 2.85. The SMILES string of the molecule is C=CC(C)(C)Oc1ccc(S(=O)(=O)OCCC)cc1. The van der Waals surface area contributed by atoms with Gasteiger partial charge in [0.05, 0.1) is 11.5 Å². The first-order chi connectivity index (χ1) is 8.80. The Hall–Kier alpha value is -1.33. The molecule has 0 aromatic heterocycles. The van der Waals surface area contributed by atoms with Crippen molar-refractivity contribution >= 4 is 10.1 Å². The van der Waals surface area contributed by atoms with Gasteiger partial charge in [-0.1, -0.05) is 13.5 Å². The first-order valence-corrected chi connectivity index (χ1v) is 7.53. The predicted molar refractivity (Wildman–Crippen MR) is 74.8 cm³/mol. The minimum Gasteiger partial charge on any atom is -0.484 e. The molecule has 1 rings (SSSR count). The largest absolute Gasteiger partial charge is 0.484 e. The van der Waals surface area contributed by atoms with Crippen LogP contribution in [-0.4, -0.2) is 20.6 Å².